The van der Waals surface area contributed by atoms with Crippen LogP contribution in [0, 0.1) is 28.4 Å². The number of nitrogen functional groups attached to an aromatic ring is 1. The molecule has 0 saturated heterocycles. The van der Waals surface area contributed by atoms with Crippen molar-refractivity contribution in [3.8, 4) is 16.6 Å². The largest absolute Gasteiger partial charge is 0.368 e. The molecule has 0 amide bonds. The summed E-state index contributed by atoms with van der Waals surface area (Å²) in [6, 6.07) is 5.16. The van der Waals surface area contributed by atoms with E-state index < -0.39 is 4.92 Å². The highest BCUT2D eigenvalue weighted by atomic mass is 32.1. The molecule has 2 aromatic heterocycles. The maximum Gasteiger partial charge on any atom is 0.317 e. The van der Waals surface area contributed by atoms with Crippen molar-refractivity contribution < 1.29 is 4.92 Å². The molecule has 0 unspecified atom stereocenters. The van der Waals surface area contributed by atoms with Gasteiger partial charge in [-0.25, -0.2) is 9.97 Å². The molecule has 2 rings (SSSR count). The average molecular weight is 261 g/mol. The SMILES string of the molecule is Cc1nc(N)nc(-c2ccc(C#N)s2)c1[N+](=O)[O-]. The Morgan fingerprint density at radius 1 is 1.50 bits per heavy atom. The number of nitro groups is 1. The van der Waals surface area contributed by atoms with Crippen molar-refractivity contribution in [1.29, 1.82) is 5.26 Å². The van der Waals surface area contributed by atoms with Gasteiger partial charge >= 0.3 is 5.69 Å². The van der Waals surface area contributed by atoms with Crippen molar-refractivity contribution in [2.24, 2.45) is 0 Å². The van der Waals surface area contributed by atoms with Gasteiger partial charge in [0.25, 0.3) is 0 Å². The van der Waals surface area contributed by atoms with E-state index in [0.717, 1.165) is 11.3 Å². The smallest absolute Gasteiger partial charge is 0.317 e. The van der Waals surface area contributed by atoms with E-state index in [2.05, 4.69) is 9.97 Å². The first-order chi connectivity index (χ1) is 8.52. The minimum absolute atomic E-state index is 0.0278. The standard InChI is InChI=1S/C10H7N5O2S/c1-5-9(15(16)17)8(14-10(12)13-5)7-3-2-6(4-11)18-7/h2-3H,1H3,(H2,12,13,14). The van der Waals surface area contributed by atoms with Gasteiger partial charge in [-0.2, -0.15) is 5.26 Å². The lowest BCUT2D eigenvalue weighted by atomic mass is 10.2. The van der Waals surface area contributed by atoms with Gasteiger partial charge in [0.05, 0.1) is 9.80 Å². The Morgan fingerprint density at radius 3 is 2.78 bits per heavy atom. The van der Waals surface area contributed by atoms with Crippen LogP contribution >= 0.6 is 11.3 Å². The van der Waals surface area contributed by atoms with Gasteiger partial charge in [0, 0.05) is 0 Å². The van der Waals surface area contributed by atoms with Crippen molar-refractivity contribution in [2.45, 2.75) is 6.92 Å². The third kappa shape index (κ3) is 1.99. The van der Waals surface area contributed by atoms with Gasteiger partial charge in [-0.1, -0.05) is 0 Å². The molecule has 0 spiro atoms. The number of nitriles is 1. The summed E-state index contributed by atoms with van der Waals surface area (Å²) in [6.07, 6.45) is 0. The van der Waals surface area contributed by atoms with Crippen LogP contribution in [-0.4, -0.2) is 14.9 Å². The number of hydrogen-bond acceptors (Lipinski definition) is 7. The van der Waals surface area contributed by atoms with Crippen LogP contribution in [0.4, 0.5) is 11.6 Å². The van der Waals surface area contributed by atoms with E-state index in [1.165, 1.54) is 6.92 Å². The minimum atomic E-state index is -0.546. The second kappa shape index (κ2) is 4.38. The first-order valence-electron chi connectivity index (χ1n) is 4.81. The van der Waals surface area contributed by atoms with E-state index in [9.17, 15) is 10.1 Å². The number of aromatic nitrogens is 2. The molecule has 18 heavy (non-hydrogen) atoms. The molecule has 0 radical (unpaired) electrons. The maximum absolute atomic E-state index is 11.0. The van der Waals surface area contributed by atoms with Crippen LogP contribution in [-0.2, 0) is 0 Å². The molecule has 2 N–H and O–H groups in total. The summed E-state index contributed by atoms with van der Waals surface area (Å²) in [4.78, 5) is 19.1. The zero-order valence-corrected chi connectivity index (χ0v) is 10.1. The molecule has 8 heteroatoms. The molecule has 90 valence electrons. The van der Waals surface area contributed by atoms with Crippen LogP contribution in [0.1, 0.15) is 10.6 Å². The van der Waals surface area contributed by atoms with E-state index in [1.54, 1.807) is 12.1 Å². The quantitative estimate of drug-likeness (QED) is 0.651. The van der Waals surface area contributed by atoms with Gasteiger partial charge in [0.15, 0.2) is 5.69 Å². The van der Waals surface area contributed by atoms with Crippen LogP contribution in [0.25, 0.3) is 10.6 Å². The second-order valence-corrected chi connectivity index (χ2v) is 4.48. The summed E-state index contributed by atoms with van der Waals surface area (Å²) in [5.41, 5.74) is 5.67. The fourth-order valence-corrected chi connectivity index (χ4v) is 2.30. The lowest BCUT2D eigenvalue weighted by Gasteiger charge is -2.03. The van der Waals surface area contributed by atoms with Crippen LogP contribution in [0.3, 0.4) is 0 Å². The molecule has 0 aromatic carbocycles. The molecule has 0 bridgehead atoms. The lowest BCUT2D eigenvalue weighted by Crippen LogP contribution is -2.04. The fourth-order valence-electron chi connectivity index (χ4n) is 1.50. The highest BCUT2D eigenvalue weighted by Crippen LogP contribution is 2.34. The third-order valence-corrected chi connectivity index (χ3v) is 3.20. The Morgan fingerprint density at radius 2 is 2.22 bits per heavy atom. The Labute approximate surface area is 106 Å². The van der Waals surface area contributed by atoms with E-state index in [1.807, 2.05) is 6.07 Å². The van der Waals surface area contributed by atoms with Crippen molar-refractivity contribution in [3.05, 3.63) is 32.8 Å². The molecular weight excluding hydrogens is 254 g/mol. The normalized spacial score (nSPS) is 10.0. The predicted molar refractivity (Wildman–Crippen MR) is 65.9 cm³/mol. The molecule has 0 aliphatic heterocycles. The molecule has 0 aliphatic rings. The van der Waals surface area contributed by atoms with Gasteiger partial charge in [0.2, 0.25) is 5.95 Å². The van der Waals surface area contributed by atoms with Crippen molar-refractivity contribution in [3.63, 3.8) is 0 Å². The van der Waals surface area contributed by atoms with Crippen LogP contribution in [0.5, 0.6) is 0 Å². The van der Waals surface area contributed by atoms with Crippen LogP contribution in [0.2, 0.25) is 0 Å². The number of nitrogens with zero attached hydrogens (tertiary/aromatic N) is 4. The Hall–Kier alpha value is -2.53. The van der Waals surface area contributed by atoms with Crippen molar-refractivity contribution >= 4 is 23.0 Å². The van der Waals surface area contributed by atoms with Gasteiger partial charge in [-0.3, -0.25) is 10.1 Å². The highest BCUT2D eigenvalue weighted by molar-refractivity contribution is 7.16. The molecule has 7 nitrogen and oxygen atoms in total. The molecule has 0 saturated carbocycles. The predicted octanol–water partition coefficient (Wildman–Crippen LogP) is 1.88. The zero-order chi connectivity index (χ0) is 13.3. The van der Waals surface area contributed by atoms with E-state index >= 15 is 0 Å². The molecule has 2 aromatic rings. The number of nitrogens with two attached hydrogens (primary N) is 1. The Bertz CT molecular complexity index is 673. The number of rotatable bonds is 2. The number of anilines is 1. The summed E-state index contributed by atoms with van der Waals surface area (Å²) in [5, 5.41) is 19.8. The summed E-state index contributed by atoms with van der Waals surface area (Å²) >= 11 is 1.12. The highest BCUT2D eigenvalue weighted by Gasteiger charge is 2.23. The van der Waals surface area contributed by atoms with Crippen molar-refractivity contribution in [2.75, 3.05) is 5.73 Å². The topological polar surface area (TPSA) is 119 Å². The number of hydrogen-bond donors (Lipinski definition) is 1. The first kappa shape index (κ1) is 11.9. The maximum atomic E-state index is 11.0. The average Bonchev–Trinajstić information content (AvgIpc) is 2.75. The molecule has 2 heterocycles. The van der Waals surface area contributed by atoms with Gasteiger partial charge < -0.3 is 5.73 Å². The monoisotopic (exact) mass is 261 g/mol. The van der Waals surface area contributed by atoms with Gasteiger partial charge in [-0.15, -0.1) is 11.3 Å². The molecule has 0 aliphatic carbocycles. The Balaban J connectivity index is 2.69. The first-order valence-corrected chi connectivity index (χ1v) is 5.63. The summed E-state index contributed by atoms with van der Waals surface area (Å²) in [5.74, 6) is -0.0278. The summed E-state index contributed by atoms with van der Waals surface area (Å²) in [7, 11) is 0. The van der Waals surface area contributed by atoms with E-state index in [0.29, 0.717) is 9.75 Å². The molecule has 0 fully saturated rings. The molecular formula is C10H7N5O2S. The molecule has 0 atom stereocenters. The minimum Gasteiger partial charge on any atom is -0.368 e. The number of aryl methyl sites for hydroxylation is 1. The zero-order valence-electron chi connectivity index (χ0n) is 9.25. The van der Waals surface area contributed by atoms with Crippen LogP contribution in [0.15, 0.2) is 12.1 Å². The van der Waals surface area contributed by atoms with E-state index in [4.69, 9.17) is 11.0 Å². The lowest BCUT2D eigenvalue weighted by molar-refractivity contribution is -0.385. The Kier molecular flexibility index (Phi) is 2.91. The van der Waals surface area contributed by atoms with Gasteiger partial charge in [0.1, 0.15) is 16.6 Å². The second-order valence-electron chi connectivity index (χ2n) is 3.40. The third-order valence-electron chi connectivity index (χ3n) is 2.21. The summed E-state index contributed by atoms with van der Waals surface area (Å²) < 4.78 is 0. The summed E-state index contributed by atoms with van der Waals surface area (Å²) in [6.45, 7) is 1.50. The fraction of sp³-hybridized carbons (Fsp3) is 0.100. The number of thiophene rings is 1. The van der Waals surface area contributed by atoms with Crippen molar-refractivity contribution in [1.82, 2.24) is 9.97 Å². The van der Waals surface area contributed by atoms with Crippen LogP contribution < -0.4 is 5.73 Å². The van der Waals surface area contributed by atoms with Gasteiger partial charge in [-0.05, 0) is 19.1 Å². The van der Waals surface area contributed by atoms with E-state index in [-0.39, 0.29) is 23.0 Å².